The number of hydrogen-bond donors (Lipinski definition) is 0. The van der Waals surface area contributed by atoms with Crippen molar-refractivity contribution >= 4 is 6.92 Å². The molecule has 0 aromatic carbocycles. The lowest BCUT2D eigenvalue weighted by Gasteiger charge is -2.39. The smallest absolute Gasteiger partial charge is 0.299 e. The SMILES string of the molecule is CCCCOB1C2CCCC1CCC2. The molecule has 0 amide bonds. The summed E-state index contributed by atoms with van der Waals surface area (Å²) in [5, 5.41) is 0. The van der Waals surface area contributed by atoms with Crippen molar-refractivity contribution in [1.29, 1.82) is 0 Å². The van der Waals surface area contributed by atoms with E-state index in [-0.39, 0.29) is 0 Å². The summed E-state index contributed by atoms with van der Waals surface area (Å²) < 4.78 is 6.09. The maximum absolute atomic E-state index is 6.09. The molecule has 0 saturated carbocycles. The second-order valence-corrected chi connectivity index (χ2v) is 5.07. The van der Waals surface area contributed by atoms with Crippen LogP contribution in [0.15, 0.2) is 0 Å². The zero-order chi connectivity index (χ0) is 9.80. The van der Waals surface area contributed by atoms with Gasteiger partial charge in [0.1, 0.15) is 0 Å². The maximum Gasteiger partial charge on any atom is 0.299 e. The Morgan fingerprint density at radius 3 is 2.14 bits per heavy atom. The van der Waals surface area contributed by atoms with E-state index in [4.69, 9.17) is 4.65 Å². The summed E-state index contributed by atoms with van der Waals surface area (Å²) in [6.07, 6.45) is 11.2. The molecular formula is C12H23BO. The Balaban J connectivity index is 1.82. The lowest BCUT2D eigenvalue weighted by molar-refractivity contribution is 0.263. The van der Waals surface area contributed by atoms with Gasteiger partial charge in [0.15, 0.2) is 0 Å². The highest BCUT2D eigenvalue weighted by Gasteiger charge is 2.40. The van der Waals surface area contributed by atoms with Crippen LogP contribution in [0.3, 0.4) is 0 Å². The molecule has 0 aromatic heterocycles. The Labute approximate surface area is 88.7 Å². The number of rotatable bonds is 4. The van der Waals surface area contributed by atoms with Gasteiger partial charge in [0.2, 0.25) is 0 Å². The average Bonchev–Trinajstić information content (AvgIpc) is 2.17. The van der Waals surface area contributed by atoms with Gasteiger partial charge in [-0.3, -0.25) is 0 Å². The minimum atomic E-state index is 0.643. The highest BCUT2D eigenvalue weighted by atomic mass is 16.4. The minimum Gasteiger partial charge on any atom is -0.435 e. The van der Waals surface area contributed by atoms with Crippen LogP contribution >= 0.6 is 0 Å². The van der Waals surface area contributed by atoms with Gasteiger partial charge in [-0.15, -0.1) is 0 Å². The predicted molar refractivity (Wildman–Crippen MR) is 61.8 cm³/mol. The number of unbranched alkanes of at least 4 members (excludes halogenated alkanes) is 1. The molecule has 0 aromatic rings. The van der Waals surface area contributed by atoms with E-state index in [9.17, 15) is 0 Å². The van der Waals surface area contributed by atoms with Crippen molar-refractivity contribution < 1.29 is 4.65 Å². The van der Waals surface area contributed by atoms with Gasteiger partial charge >= 0.3 is 0 Å². The van der Waals surface area contributed by atoms with Crippen molar-refractivity contribution in [3.05, 3.63) is 0 Å². The molecule has 0 radical (unpaired) electrons. The van der Waals surface area contributed by atoms with E-state index in [1.165, 1.54) is 51.4 Å². The zero-order valence-electron chi connectivity index (χ0n) is 9.50. The molecule has 0 unspecified atom stereocenters. The third kappa shape index (κ3) is 2.33. The Bertz CT molecular complexity index is 150. The van der Waals surface area contributed by atoms with Crippen LogP contribution in [0, 0.1) is 0 Å². The Hall–Kier alpha value is 0.0249. The molecule has 2 rings (SSSR count). The molecule has 2 heteroatoms. The maximum atomic E-state index is 6.09. The number of hydrogen-bond acceptors (Lipinski definition) is 1. The van der Waals surface area contributed by atoms with Crippen LogP contribution in [-0.4, -0.2) is 13.5 Å². The van der Waals surface area contributed by atoms with Crippen molar-refractivity contribution in [2.24, 2.45) is 0 Å². The Morgan fingerprint density at radius 2 is 1.64 bits per heavy atom. The van der Waals surface area contributed by atoms with E-state index in [0.29, 0.717) is 6.92 Å². The van der Waals surface area contributed by atoms with Crippen LogP contribution < -0.4 is 0 Å². The van der Waals surface area contributed by atoms with E-state index in [0.717, 1.165) is 18.2 Å². The van der Waals surface area contributed by atoms with E-state index < -0.39 is 0 Å². The molecular weight excluding hydrogens is 171 g/mol. The lowest BCUT2D eigenvalue weighted by atomic mass is 9.38. The molecule has 2 heterocycles. The van der Waals surface area contributed by atoms with E-state index in [1.807, 2.05) is 0 Å². The fourth-order valence-corrected chi connectivity index (χ4v) is 3.25. The van der Waals surface area contributed by atoms with Gasteiger partial charge in [-0.2, -0.15) is 0 Å². The zero-order valence-corrected chi connectivity index (χ0v) is 9.50. The van der Waals surface area contributed by atoms with Gasteiger partial charge < -0.3 is 4.65 Å². The Kier molecular flexibility index (Phi) is 3.92. The van der Waals surface area contributed by atoms with Crippen LogP contribution in [0.2, 0.25) is 11.6 Å². The van der Waals surface area contributed by atoms with Gasteiger partial charge in [-0.1, -0.05) is 51.9 Å². The quantitative estimate of drug-likeness (QED) is 0.487. The highest BCUT2D eigenvalue weighted by Crippen LogP contribution is 2.46. The third-order valence-corrected chi connectivity index (χ3v) is 4.04. The van der Waals surface area contributed by atoms with Crippen LogP contribution in [0.25, 0.3) is 0 Å². The standard InChI is InChI=1S/C12H23BO/c1-2-3-10-14-13-11-6-4-7-12(13)9-5-8-11/h11-12H,2-10H2,1H3. The first-order chi connectivity index (χ1) is 6.92. The largest absolute Gasteiger partial charge is 0.435 e. The van der Waals surface area contributed by atoms with Crippen molar-refractivity contribution in [2.45, 2.75) is 69.9 Å². The summed E-state index contributed by atoms with van der Waals surface area (Å²) in [5.74, 6) is 1.83. The second-order valence-electron chi connectivity index (χ2n) is 5.07. The van der Waals surface area contributed by atoms with Gasteiger partial charge in [0, 0.05) is 6.61 Å². The fourth-order valence-electron chi connectivity index (χ4n) is 3.25. The molecule has 2 saturated heterocycles. The van der Waals surface area contributed by atoms with Crippen LogP contribution in [0.1, 0.15) is 58.3 Å². The average molecular weight is 194 g/mol. The second kappa shape index (κ2) is 5.20. The normalized spacial score (nSPS) is 31.9. The van der Waals surface area contributed by atoms with Crippen LogP contribution in [-0.2, 0) is 4.65 Å². The van der Waals surface area contributed by atoms with Gasteiger partial charge in [-0.25, -0.2) is 0 Å². The molecule has 80 valence electrons. The lowest BCUT2D eigenvalue weighted by Crippen LogP contribution is -2.37. The molecule has 0 N–H and O–H groups in total. The van der Waals surface area contributed by atoms with Crippen LogP contribution in [0.5, 0.6) is 0 Å². The predicted octanol–water partition coefficient (Wildman–Crippen LogP) is 3.90. The molecule has 2 bridgehead atoms. The molecule has 2 fully saturated rings. The van der Waals surface area contributed by atoms with Crippen molar-refractivity contribution in [3.63, 3.8) is 0 Å². The van der Waals surface area contributed by atoms with E-state index in [2.05, 4.69) is 6.92 Å². The third-order valence-electron chi connectivity index (χ3n) is 4.04. The minimum absolute atomic E-state index is 0.643. The molecule has 0 atom stereocenters. The van der Waals surface area contributed by atoms with Gasteiger partial charge in [0.25, 0.3) is 6.92 Å². The van der Waals surface area contributed by atoms with Gasteiger partial charge in [0.05, 0.1) is 0 Å². The summed E-state index contributed by atoms with van der Waals surface area (Å²) in [6.45, 7) is 3.89. The monoisotopic (exact) mass is 194 g/mol. The first-order valence-corrected chi connectivity index (χ1v) is 6.53. The van der Waals surface area contributed by atoms with E-state index in [1.54, 1.807) is 0 Å². The first kappa shape index (κ1) is 10.5. The van der Waals surface area contributed by atoms with Crippen molar-refractivity contribution in [2.75, 3.05) is 6.61 Å². The summed E-state index contributed by atoms with van der Waals surface area (Å²) in [7, 11) is 0. The fraction of sp³-hybridized carbons (Fsp3) is 1.00. The molecule has 2 aliphatic rings. The van der Waals surface area contributed by atoms with Crippen molar-refractivity contribution in [1.82, 2.24) is 0 Å². The molecule has 0 aliphatic carbocycles. The molecule has 14 heavy (non-hydrogen) atoms. The topological polar surface area (TPSA) is 9.23 Å². The summed E-state index contributed by atoms with van der Waals surface area (Å²) in [6, 6.07) is 0. The highest BCUT2D eigenvalue weighted by molar-refractivity contribution is 6.56. The summed E-state index contributed by atoms with van der Waals surface area (Å²) in [4.78, 5) is 0. The summed E-state index contributed by atoms with van der Waals surface area (Å²) in [5.41, 5.74) is 0. The first-order valence-electron chi connectivity index (χ1n) is 6.53. The van der Waals surface area contributed by atoms with Crippen LogP contribution in [0.4, 0.5) is 0 Å². The molecule has 2 aliphatic heterocycles. The van der Waals surface area contributed by atoms with Crippen molar-refractivity contribution in [3.8, 4) is 0 Å². The molecule has 0 spiro atoms. The van der Waals surface area contributed by atoms with E-state index >= 15 is 0 Å². The molecule has 1 nitrogen and oxygen atoms in total. The number of fused-ring (bicyclic) bond motifs is 2. The summed E-state index contributed by atoms with van der Waals surface area (Å²) >= 11 is 0. The van der Waals surface area contributed by atoms with Gasteiger partial charge in [-0.05, 0) is 18.1 Å². The Morgan fingerprint density at radius 1 is 1.07 bits per heavy atom.